The van der Waals surface area contributed by atoms with Gasteiger partial charge in [-0.2, -0.15) is 0 Å². The Hall–Kier alpha value is -1.56. The third-order valence-electron chi connectivity index (χ3n) is 4.08. The first-order valence-electron chi connectivity index (χ1n) is 6.34. The van der Waals surface area contributed by atoms with E-state index in [-0.39, 0.29) is 23.6 Å². The SMILES string of the molecule is O=C(c1ncc(F)cc1F)N1C[C@H]2CC[C@@H](C1)C2O. The lowest BCUT2D eigenvalue weighted by atomic mass is 9.95. The number of aliphatic hydroxyl groups excluding tert-OH is 1. The Balaban J connectivity index is 1.81. The van der Waals surface area contributed by atoms with Gasteiger partial charge in [-0.15, -0.1) is 0 Å². The van der Waals surface area contributed by atoms with Gasteiger partial charge in [-0.05, 0) is 12.8 Å². The minimum atomic E-state index is -0.941. The molecule has 3 rings (SSSR count). The number of hydrogen-bond donors (Lipinski definition) is 1. The summed E-state index contributed by atoms with van der Waals surface area (Å²) >= 11 is 0. The highest BCUT2D eigenvalue weighted by molar-refractivity contribution is 5.92. The number of aromatic nitrogens is 1. The number of carbonyl (C=O) groups is 1. The summed E-state index contributed by atoms with van der Waals surface area (Å²) in [7, 11) is 0. The minimum absolute atomic E-state index is 0.0613. The van der Waals surface area contributed by atoms with Crippen molar-refractivity contribution < 1.29 is 18.7 Å². The number of piperidine rings is 1. The fraction of sp³-hybridized carbons (Fsp3) is 0.538. The zero-order valence-corrected chi connectivity index (χ0v) is 10.2. The monoisotopic (exact) mass is 268 g/mol. The first-order chi connectivity index (χ1) is 9.06. The van der Waals surface area contributed by atoms with Gasteiger partial charge in [0.05, 0.1) is 12.3 Å². The van der Waals surface area contributed by atoms with Gasteiger partial charge in [0.15, 0.2) is 11.5 Å². The number of aliphatic hydroxyl groups is 1. The number of halogens is 2. The molecule has 2 fully saturated rings. The molecule has 6 heteroatoms. The van der Waals surface area contributed by atoms with Gasteiger partial charge in [0.1, 0.15) is 5.82 Å². The van der Waals surface area contributed by atoms with Gasteiger partial charge in [0, 0.05) is 31.0 Å². The van der Waals surface area contributed by atoms with E-state index < -0.39 is 17.5 Å². The number of nitrogens with zero attached hydrogens (tertiary/aromatic N) is 2. The molecule has 1 saturated carbocycles. The predicted molar refractivity (Wildman–Crippen MR) is 62.3 cm³/mol. The quantitative estimate of drug-likeness (QED) is 0.832. The highest BCUT2D eigenvalue weighted by Crippen LogP contribution is 2.37. The van der Waals surface area contributed by atoms with E-state index >= 15 is 0 Å². The molecule has 1 saturated heterocycles. The normalized spacial score (nSPS) is 29.6. The zero-order valence-electron chi connectivity index (χ0n) is 10.2. The molecule has 1 aromatic heterocycles. The Kier molecular flexibility index (Phi) is 2.97. The predicted octanol–water partition coefficient (Wildman–Crippen LogP) is 1.20. The summed E-state index contributed by atoms with van der Waals surface area (Å²) in [6.07, 6.45) is 2.24. The molecule has 1 unspecified atom stereocenters. The van der Waals surface area contributed by atoms with Crippen molar-refractivity contribution in [1.82, 2.24) is 9.88 Å². The van der Waals surface area contributed by atoms with Crippen molar-refractivity contribution in [2.24, 2.45) is 11.8 Å². The third-order valence-corrected chi connectivity index (χ3v) is 4.08. The van der Waals surface area contributed by atoms with E-state index in [2.05, 4.69) is 4.98 Å². The van der Waals surface area contributed by atoms with Crippen LogP contribution in [0, 0.1) is 23.5 Å². The Labute approximate surface area is 109 Å². The molecule has 0 radical (unpaired) electrons. The van der Waals surface area contributed by atoms with Crippen LogP contribution in [0.3, 0.4) is 0 Å². The number of likely N-dealkylation sites (tertiary alicyclic amines) is 1. The third kappa shape index (κ3) is 2.10. The number of hydrogen-bond acceptors (Lipinski definition) is 3. The second-order valence-corrected chi connectivity index (χ2v) is 5.28. The van der Waals surface area contributed by atoms with E-state index in [9.17, 15) is 18.7 Å². The van der Waals surface area contributed by atoms with Crippen LogP contribution >= 0.6 is 0 Å². The van der Waals surface area contributed by atoms with E-state index in [0.717, 1.165) is 19.0 Å². The van der Waals surface area contributed by atoms with Gasteiger partial charge in [0.2, 0.25) is 0 Å². The molecule has 4 nitrogen and oxygen atoms in total. The molecule has 3 atom stereocenters. The summed E-state index contributed by atoms with van der Waals surface area (Å²) in [6.45, 7) is 0.823. The van der Waals surface area contributed by atoms with Crippen LogP contribution in [0.15, 0.2) is 12.3 Å². The molecule has 1 aliphatic heterocycles. The molecule has 1 aromatic rings. The summed E-state index contributed by atoms with van der Waals surface area (Å²) in [6, 6.07) is 0.660. The molecule has 1 aliphatic carbocycles. The molecule has 0 aromatic carbocycles. The summed E-state index contributed by atoms with van der Waals surface area (Å²) < 4.78 is 26.3. The van der Waals surface area contributed by atoms with Crippen LogP contribution in [0.4, 0.5) is 8.78 Å². The van der Waals surface area contributed by atoms with Crippen LogP contribution in [0.1, 0.15) is 23.3 Å². The zero-order chi connectivity index (χ0) is 13.6. The Morgan fingerprint density at radius 1 is 1.32 bits per heavy atom. The first kappa shape index (κ1) is 12.5. The Morgan fingerprint density at radius 2 is 1.95 bits per heavy atom. The maximum absolute atomic E-state index is 13.5. The van der Waals surface area contributed by atoms with Crippen LogP contribution in [0.2, 0.25) is 0 Å². The smallest absolute Gasteiger partial charge is 0.275 e. The average molecular weight is 268 g/mol. The number of pyridine rings is 1. The topological polar surface area (TPSA) is 53.4 Å². The second kappa shape index (κ2) is 4.52. The molecular weight excluding hydrogens is 254 g/mol. The number of fused-ring (bicyclic) bond motifs is 2. The maximum Gasteiger partial charge on any atom is 0.275 e. The van der Waals surface area contributed by atoms with Crippen molar-refractivity contribution in [2.75, 3.05) is 13.1 Å². The Bertz CT molecular complexity index is 509. The summed E-state index contributed by atoms with van der Waals surface area (Å²) in [5.74, 6) is -2.15. The van der Waals surface area contributed by atoms with E-state index in [1.807, 2.05) is 0 Å². The number of carbonyl (C=O) groups excluding carboxylic acids is 1. The van der Waals surface area contributed by atoms with E-state index in [0.29, 0.717) is 19.2 Å². The maximum atomic E-state index is 13.5. The highest BCUT2D eigenvalue weighted by Gasteiger charge is 2.42. The molecule has 19 heavy (non-hydrogen) atoms. The van der Waals surface area contributed by atoms with Crippen molar-refractivity contribution >= 4 is 5.91 Å². The van der Waals surface area contributed by atoms with Gasteiger partial charge in [-0.1, -0.05) is 0 Å². The van der Waals surface area contributed by atoms with Crippen molar-refractivity contribution in [1.29, 1.82) is 0 Å². The van der Waals surface area contributed by atoms with Gasteiger partial charge in [0.25, 0.3) is 5.91 Å². The van der Waals surface area contributed by atoms with Gasteiger partial charge in [-0.3, -0.25) is 4.79 Å². The molecule has 2 aliphatic rings. The van der Waals surface area contributed by atoms with E-state index in [4.69, 9.17) is 0 Å². The second-order valence-electron chi connectivity index (χ2n) is 5.28. The molecule has 2 bridgehead atoms. The minimum Gasteiger partial charge on any atom is -0.392 e. The summed E-state index contributed by atoms with van der Waals surface area (Å²) in [5, 5.41) is 9.89. The fourth-order valence-electron chi connectivity index (χ4n) is 3.08. The van der Waals surface area contributed by atoms with Crippen LogP contribution in [-0.4, -0.2) is 40.1 Å². The van der Waals surface area contributed by atoms with Crippen LogP contribution in [0.25, 0.3) is 0 Å². The van der Waals surface area contributed by atoms with Gasteiger partial charge >= 0.3 is 0 Å². The lowest BCUT2D eigenvalue weighted by Crippen LogP contribution is -2.47. The average Bonchev–Trinajstić information content (AvgIpc) is 2.61. The highest BCUT2D eigenvalue weighted by atomic mass is 19.1. The van der Waals surface area contributed by atoms with Gasteiger partial charge in [-0.25, -0.2) is 13.8 Å². The van der Waals surface area contributed by atoms with Crippen LogP contribution in [0.5, 0.6) is 0 Å². The Morgan fingerprint density at radius 3 is 2.53 bits per heavy atom. The number of amides is 1. The molecule has 1 N–H and O–H groups in total. The summed E-state index contributed by atoms with van der Waals surface area (Å²) in [4.78, 5) is 17.2. The molecule has 1 amide bonds. The van der Waals surface area contributed by atoms with Gasteiger partial charge < -0.3 is 10.0 Å². The molecule has 2 heterocycles. The van der Waals surface area contributed by atoms with Crippen molar-refractivity contribution in [3.63, 3.8) is 0 Å². The van der Waals surface area contributed by atoms with Crippen LogP contribution in [-0.2, 0) is 0 Å². The molecule has 102 valence electrons. The van der Waals surface area contributed by atoms with Crippen molar-refractivity contribution in [3.8, 4) is 0 Å². The lowest BCUT2D eigenvalue weighted by molar-refractivity contribution is 0.0161. The number of rotatable bonds is 1. The van der Waals surface area contributed by atoms with E-state index in [1.165, 1.54) is 4.90 Å². The first-order valence-corrected chi connectivity index (χ1v) is 6.34. The van der Waals surface area contributed by atoms with E-state index in [1.54, 1.807) is 0 Å². The largest absolute Gasteiger partial charge is 0.392 e. The fourth-order valence-corrected chi connectivity index (χ4v) is 3.08. The van der Waals surface area contributed by atoms with Crippen molar-refractivity contribution in [3.05, 3.63) is 29.6 Å². The van der Waals surface area contributed by atoms with Crippen LogP contribution < -0.4 is 0 Å². The molecular formula is C13H14F2N2O2. The standard InChI is InChI=1S/C13H14F2N2O2/c14-9-3-10(15)11(16-4-9)13(19)17-5-7-1-2-8(6-17)12(7)18/h3-4,7-8,12,18H,1-2,5-6H2/t7-,8+,12?. The summed E-state index contributed by atoms with van der Waals surface area (Å²) in [5.41, 5.74) is -0.350. The molecule has 0 spiro atoms. The lowest BCUT2D eigenvalue weighted by Gasteiger charge is -2.35. The van der Waals surface area contributed by atoms with Crippen molar-refractivity contribution in [2.45, 2.75) is 18.9 Å².